The second-order valence-electron chi connectivity index (χ2n) is 9.30. The van der Waals surface area contributed by atoms with E-state index in [1.54, 1.807) is 13.4 Å². The van der Waals surface area contributed by atoms with Crippen LogP contribution < -0.4 is 9.64 Å². The number of benzene rings is 1. The molecule has 1 aliphatic carbocycles. The summed E-state index contributed by atoms with van der Waals surface area (Å²) in [6.45, 7) is 8.33. The zero-order chi connectivity index (χ0) is 18.1. The smallest absolute Gasteiger partial charge is 0.156 e. The minimum atomic E-state index is 0.374. The van der Waals surface area contributed by atoms with Crippen molar-refractivity contribution in [3.8, 4) is 5.75 Å². The Balaban J connectivity index is 1.66. The lowest BCUT2D eigenvalue weighted by molar-refractivity contribution is 0.136. The molecule has 1 saturated heterocycles. The van der Waals surface area contributed by atoms with E-state index < -0.39 is 0 Å². The van der Waals surface area contributed by atoms with Crippen LogP contribution in [0.3, 0.4) is 0 Å². The topological polar surface area (TPSA) is 54.0 Å². The molecule has 0 amide bonds. The fraction of sp³-hybridized carbons (Fsp3) is 0.524. The first-order valence-corrected chi connectivity index (χ1v) is 9.45. The number of rotatable bonds is 2. The van der Waals surface area contributed by atoms with Gasteiger partial charge in [0, 0.05) is 24.0 Å². The van der Waals surface area contributed by atoms with Crippen LogP contribution in [-0.2, 0) is 0 Å². The first-order valence-electron chi connectivity index (χ1n) is 9.45. The van der Waals surface area contributed by atoms with Crippen LogP contribution in [-0.4, -0.2) is 34.6 Å². The van der Waals surface area contributed by atoms with E-state index in [2.05, 4.69) is 41.7 Å². The van der Waals surface area contributed by atoms with Gasteiger partial charge in [-0.05, 0) is 42.2 Å². The van der Waals surface area contributed by atoms with Gasteiger partial charge in [0.2, 0.25) is 0 Å². The highest BCUT2D eigenvalue weighted by Crippen LogP contribution is 2.53. The normalized spacial score (nSPS) is 27.4. The molecule has 3 heterocycles. The predicted octanol–water partition coefficient (Wildman–Crippen LogP) is 4.52. The second-order valence-corrected chi connectivity index (χ2v) is 9.30. The second kappa shape index (κ2) is 5.12. The Hall–Kier alpha value is -2.30. The van der Waals surface area contributed by atoms with Gasteiger partial charge in [0.25, 0.3) is 0 Å². The number of nitrogens with zero attached hydrogens (tertiary/aromatic N) is 3. The van der Waals surface area contributed by atoms with Crippen LogP contribution in [0, 0.1) is 10.8 Å². The summed E-state index contributed by atoms with van der Waals surface area (Å²) in [6.07, 6.45) is 5.48. The number of ether oxygens (including phenoxy) is 1. The number of hydrogen-bond acceptors (Lipinski definition) is 4. The number of nitrogens with one attached hydrogen (secondary N) is 1. The molecule has 0 spiro atoms. The maximum absolute atomic E-state index is 5.37. The zero-order valence-electron chi connectivity index (χ0n) is 16.0. The highest BCUT2D eigenvalue weighted by Gasteiger charge is 2.50. The minimum absolute atomic E-state index is 0.374. The zero-order valence-corrected chi connectivity index (χ0v) is 16.0. The fourth-order valence-corrected chi connectivity index (χ4v) is 5.72. The van der Waals surface area contributed by atoms with Crippen molar-refractivity contribution < 1.29 is 4.74 Å². The summed E-state index contributed by atoms with van der Waals surface area (Å²) < 4.78 is 5.37. The molecular formula is C21H26N4O. The van der Waals surface area contributed by atoms with Crippen LogP contribution in [0.1, 0.15) is 40.0 Å². The molecule has 3 aromatic rings. The number of methoxy groups -OCH3 is 1. The third-order valence-electron chi connectivity index (χ3n) is 6.26. The quantitative estimate of drug-likeness (QED) is 0.738. The van der Waals surface area contributed by atoms with Gasteiger partial charge in [0.1, 0.15) is 23.1 Å². The van der Waals surface area contributed by atoms with Gasteiger partial charge in [-0.1, -0.05) is 20.8 Å². The lowest BCUT2D eigenvalue weighted by atomic mass is 9.65. The van der Waals surface area contributed by atoms with Gasteiger partial charge < -0.3 is 14.6 Å². The summed E-state index contributed by atoms with van der Waals surface area (Å²) in [5.41, 5.74) is 3.86. The van der Waals surface area contributed by atoms with E-state index in [0.29, 0.717) is 16.9 Å². The molecule has 2 atom stereocenters. The van der Waals surface area contributed by atoms with E-state index in [1.807, 2.05) is 12.1 Å². The van der Waals surface area contributed by atoms with Gasteiger partial charge in [-0.25, -0.2) is 9.97 Å². The Morgan fingerprint density at radius 3 is 2.85 bits per heavy atom. The number of H-pyrrole nitrogens is 1. The lowest BCUT2D eigenvalue weighted by Crippen LogP contribution is -2.35. The van der Waals surface area contributed by atoms with Gasteiger partial charge in [-0.2, -0.15) is 0 Å². The van der Waals surface area contributed by atoms with Gasteiger partial charge in [0.05, 0.1) is 12.6 Å². The molecule has 5 rings (SSSR count). The summed E-state index contributed by atoms with van der Waals surface area (Å²) >= 11 is 0. The summed E-state index contributed by atoms with van der Waals surface area (Å²) in [7, 11) is 1.70. The molecule has 1 N–H and O–H groups in total. The van der Waals surface area contributed by atoms with Gasteiger partial charge in [-0.3, -0.25) is 0 Å². The van der Waals surface area contributed by atoms with E-state index in [9.17, 15) is 0 Å². The van der Waals surface area contributed by atoms with Crippen LogP contribution in [0.4, 0.5) is 5.82 Å². The van der Waals surface area contributed by atoms with Gasteiger partial charge >= 0.3 is 0 Å². The molecule has 1 aromatic carbocycles. The third-order valence-corrected chi connectivity index (χ3v) is 6.26. The van der Waals surface area contributed by atoms with Crippen LogP contribution in [0.2, 0.25) is 0 Å². The first-order chi connectivity index (χ1) is 12.4. The summed E-state index contributed by atoms with van der Waals surface area (Å²) in [6, 6.07) is 6.66. The average molecular weight is 350 g/mol. The van der Waals surface area contributed by atoms with Crippen molar-refractivity contribution in [2.75, 3.05) is 18.6 Å². The van der Waals surface area contributed by atoms with Crippen molar-refractivity contribution in [3.05, 3.63) is 24.5 Å². The van der Waals surface area contributed by atoms with Crippen molar-refractivity contribution in [1.82, 2.24) is 15.0 Å². The molecule has 136 valence electrons. The highest BCUT2D eigenvalue weighted by molar-refractivity contribution is 6.08. The molecule has 0 radical (unpaired) electrons. The van der Waals surface area contributed by atoms with Crippen LogP contribution >= 0.6 is 0 Å². The monoisotopic (exact) mass is 350 g/mol. The van der Waals surface area contributed by atoms with Crippen LogP contribution in [0.15, 0.2) is 24.5 Å². The summed E-state index contributed by atoms with van der Waals surface area (Å²) in [5, 5.41) is 1.12. The Labute approximate surface area is 153 Å². The van der Waals surface area contributed by atoms with Crippen LogP contribution in [0.5, 0.6) is 5.75 Å². The summed E-state index contributed by atoms with van der Waals surface area (Å²) in [5.74, 6) is 1.90. The Morgan fingerprint density at radius 1 is 1.19 bits per heavy atom. The highest BCUT2D eigenvalue weighted by atomic mass is 16.5. The molecule has 1 aliphatic heterocycles. The molecule has 2 aliphatic rings. The number of hydrogen-bond donors (Lipinski definition) is 1. The maximum atomic E-state index is 5.37. The summed E-state index contributed by atoms with van der Waals surface area (Å²) in [4.78, 5) is 15.4. The largest absolute Gasteiger partial charge is 0.497 e. The number of fused-ring (bicyclic) bond motifs is 5. The van der Waals surface area contributed by atoms with Crippen molar-refractivity contribution in [2.45, 2.75) is 46.1 Å². The van der Waals surface area contributed by atoms with Crippen molar-refractivity contribution in [3.63, 3.8) is 0 Å². The van der Waals surface area contributed by atoms with Crippen molar-refractivity contribution in [1.29, 1.82) is 0 Å². The minimum Gasteiger partial charge on any atom is -0.497 e. The van der Waals surface area contributed by atoms with E-state index in [1.165, 1.54) is 19.3 Å². The molecule has 2 bridgehead atoms. The number of aromatic amines is 1. The molecule has 26 heavy (non-hydrogen) atoms. The van der Waals surface area contributed by atoms with Crippen molar-refractivity contribution >= 4 is 27.8 Å². The number of anilines is 1. The average Bonchev–Trinajstić information content (AvgIpc) is 3.07. The molecule has 1 saturated carbocycles. The van der Waals surface area contributed by atoms with Gasteiger partial charge in [0.15, 0.2) is 5.82 Å². The van der Waals surface area contributed by atoms with Gasteiger partial charge in [-0.15, -0.1) is 0 Å². The molecule has 2 aromatic heterocycles. The van der Waals surface area contributed by atoms with E-state index in [4.69, 9.17) is 9.72 Å². The standard InChI is InChI=1S/C21H26N4O/c1-20(2)8-13-9-21(3,10-20)11-25(13)19-18-17(22-12-23-19)15-6-5-14(26-4)7-16(15)24-18/h5-7,12-13,24H,8-11H2,1-4H3/t13-,21-/m1/s1. The van der Waals surface area contributed by atoms with Crippen LogP contribution in [0.25, 0.3) is 21.9 Å². The molecule has 5 nitrogen and oxygen atoms in total. The van der Waals surface area contributed by atoms with E-state index in [-0.39, 0.29) is 0 Å². The first kappa shape index (κ1) is 15.9. The van der Waals surface area contributed by atoms with E-state index >= 15 is 0 Å². The fourth-order valence-electron chi connectivity index (χ4n) is 5.72. The Morgan fingerprint density at radius 2 is 2.04 bits per heavy atom. The lowest BCUT2D eigenvalue weighted by Gasteiger charge is -2.39. The SMILES string of the molecule is COc1ccc2c(c1)[nH]c1c(N3C[C@]4(C)C[C@H]3CC(C)(C)C4)ncnc12. The maximum Gasteiger partial charge on any atom is 0.156 e. The number of aromatic nitrogens is 3. The Kier molecular flexibility index (Phi) is 3.13. The Bertz CT molecular complexity index is 1010. The molecular weight excluding hydrogens is 324 g/mol. The van der Waals surface area contributed by atoms with Crippen molar-refractivity contribution in [2.24, 2.45) is 10.8 Å². The molecule has 2 fully saturated rings. The predicted molar refractivity (Wildman–Crippen MR) is 105 cm³/mol. The third kappa shape index (κ3) is 2.29. The molecule has 0 unspecified atom stereocenters. The molecule has 5 heteroatoms. The van der Waals surface area contributed by atoms with E-state index in [0.717, 1.165) is 40.0 Å².